The Hall–Kier alpha value is -3.09. The van der Waals surface area contributed by atoms with Crippen molar-refractivity contribution in [2.45, 2.75) is 13.5 Å². The number of fused-ring (bicyclic) bond motifs is 1. The molecule has 2 aromatic heterocycles. The molecule has 0 saturated carbocycles. The second-order valence-corrected chi connectivity index (χ2v) is 7.01. The molecule has 0 spiro atoms. The number of aromatic nitrogens is 2. The summed E-state index contributed by atoms with van der Waals surface area (Å²) in [6.45, 7) is 3.61. The molecule has 0 aliphatic rings. The lowest BCUT2D eigenvalue weighted by Gasteiger charge is -2.10. The third-order valence-electron chi connectivity index (χ3n) is 4.73. The predicted octanol–water partition coefficient (Wildman–Crippen LogP) is 5.47. The minimum absolute atomic E-state index is 0. The molecule has 7 heteroatoms. The van der Waals surface area contributed by atoms with E-state index >= 15 is 0 Å². The maximum Gasteiger partial charge on any atom is 0.145 e. The van der Waals surface area contributed by atoms with Crippen LogP contribution in [0.1, 0.15) is 11.3 Å². The average molecular weight is 442 g/mol. The van der Waals surface area contributed by atoms with E-state index in [9.17, 15) is 8.78 Å². The van der Waals surface area contributed by atoms with Crippen LogP contribution in [0.5, 0.6) is 5.75 Å². The van der Waals surface area contributed by atoms with E-state index in [2.05, 4.69) is 15.3 Å². The molecular formula is C24H22ClF2N3O. The Bertz CT molecular complexity index is 1190. The number of ether oxygens (including phenoxy) is 1. The van der Waals surface area contributed by atoms with Gasteiger partial charge >= 0.3 is 0 Å². The summed E-state index contributed by atoms with van der Waals surface area (Å²) in [5.74, 6) is -0.443. The Labute approximate surface area is 185 Å². The van der Waals surface area contributed by atoms with E-state index in [0.29, 0.717) is 30.8 Å². The number of nitrogens with one attached hydrogen (secondary N) is 1. The van der Waals surface area contributed by atoms with Crippen LogP contribution >= 0.6 is 12.4 Å². The zero-order valence-electron chi connectivity index (χ0n) is 16.9. The van der Waals surface area contributed by atoms with Crippen LogP contribution in [0.4, 0.5) is 8.78 Å². The topological polar surface area (TPSA) is 47.0 Å². The van der Waals surface area contributed by atoms with Crippen molar-refractivity contribution in [1.82, 2.24) is 15.3 Å². The van der Waals surface area contributed by atoms with E-state index in [1.807, 2.05) is 43.3 Å². The highest BCUT2D eigenvalue weighted by Gasteiger charge is 2.08. The summed E-state index contributed by atoms with van der Waals surface area (Å²) < 4.78 is 33.0. The first kappa shape index (κ1) is 22.6. The minimum Gasteiger partial charge on any atom is -0.490 e. The third kappa shape index (κ3) is 5.54. The average Bonchev–Trinajstić information content (AvgIpc) is 2.74. The molecule has 31 heavy (non-hydrogen) atoms. The molecule has 0 aliphatic heterocycles. The molecule has 0 aliphatic carbocycles. The van der Waals surface area contributed by atoms with Crippen molar-refractivity contribution in [3.8, 4) is 16.9 Å². The second-order valence-electron chi connectivity index (χ2n) is 7.01. The molecule has 2 heterocycles. The summed E-state index contributed by atoms with van der Waals surface area (Å²) in [6.07, 6.45) is 3.29. The first-order valence-electron chi connectivity index (χ1n) is 9.69. The summed E-state index contributed by atoms with van der Waals surface area (Å²) in [6, 6.07) is 15.3. The molecule has 0 bridgehead atoms. The molecule has 0 amide bonds. The van der Waals surface area contributed by atoms with Gasteiger partial charge in [-0.05, 0) is 42.8 Å². The van der Waals surface area contributed by atoms with Crippen molar-refractivity contribution < 1.29 is 13.5 Å². The van der Waals surface area contributed by atoms with E-state index < -0.39 is 11.6 Å². The highest BCUT2D eigenvalue weighted by molar-refractivity contribution is 5.85. The Kier molecular flexibility index (Phi) is 7.50. The zero-order chi connectivity index (χ0) is 20.9. The molecule has 4 nitrogen and oxygen atoms in total. The largest absolute Gasteiger partial charge is 0.490 e. The second kappa shape index (κ2) is 10.3. The van der Waals surface area contributed by atoms with E-state index in [1.165, 1.54) is 12.1 Å². The van der Waals surface area contributed by atoms with Gasteiger partial charge in [-0.1, -0.05) is 18.2 Å². The SMILES string of the molecule is Cc1ccc2cccc(OCCNCc3cncc(-c4ccc(F)cc4F)c3)c2n1.Cl. The maximum absolute atomic E-state index is 14.0. The van der Waals surface area contributed by atoms with Gasteiger partial charge in [0.05, 0.1) is 0 Å². The normalized spacial score (nSPS) is 10.7. The molecule has 4 aromatic rings. The summed E-state index contributed by atoms with van der Waals surface area (Å²) in [7, 11) is 0. The molecule has 0 radical (unpaired) electrons. The molecule has 160 valence electrons. The first-order valence-corrected chi connectivity index (χ1v) is 9.69. The molecule has 0 fully saturated rings. The van der Waals surface area contributed by atoms with Crippen LogP contribution in [-0.4, -0.2) is 23.1 Å². The van der Waals surface area contributed by atoms with Crippen LogP contribution in [0.25, 0.3) is 22.0 Å². The van der Waals surface area contributed by atoms with E-state index in [1.54, 1.807) is 12.4 Å². The van der Waals surface area contributed by atoms with Crippen LogP contribution in [0.3, 0.4) is 0 Å². The van der Waals surface area contributed by atoms with Crippen molar-refractivity contribution in [3.05, 3.63) is 89.9 Å². The lowest BCUT2D eigenvalue weighted by Crippen LogP contribution is -2.20. The van der Waals surface area contributed by atoms with Gasteiger partial charge in [0, 0.05) is 53.8 Å². The third-order valence-corrected chi connectivity index (χ3v) is 4.73. The quantitative estimate of drug-likeness (QED) is 0.386. The van der Waals surface area contributed by atoms with Gasteiger partial charge in [-0.3, -0.25) is 4.98 Å². The van der Waals surface area contributed by atoms with Crippen molar-refractivity contribution in [3.63, 3.8) is 0 Å². The number of hydrogen-bond acceptors (Lipinski definition) is 4. The van der Waals surface area contributed by atoms with E-state index in [0.717, 1.165) is 34.0 Å². The monoisotopic (exact) mass is 441 g/mol. The van der Waals surface area contributed by atoms with Crippen molar-refractivity contribution >= 4 is 23.3 Å². The van der Waals surface area contributed by atoms with Gasteiger partial charge in [-0.15, -0.1) is 12.4 Å². The number of aryl methyl sites for hydroxylation is 1. The smallest absolute Gasteiger partial charge is 0.145 e. The number of rotatable bonds is 7. The Morgan fingerprint density at radius 3 is 2.71 bits per heavy atom. The number of hydrogen-bond donors (Lipinski definition) is 1. The van der Waals surface area contributed by atoms with Gasteiger partial charge < -0.3 is 10.1 Å². The zero-order valence-corrected chi connectivity index (χ0v) is 17.8. The van der Waals surface area contributed by atoms with Crippen molar-refractivity contribution in [2.75, 3.05) is 13.2 Å². The van der Waals surface area contributed by atoms with Crippen LogP contribution in [-0.2, 0) is 6.54 Å². The van der Waals surface area contributed by atoms with Crippen LogP contribution in [0, 0.1) is 18.6 Å². The molecule has 0 atom stereocenters. The van der Waals surface area contributed by atoms with Gasteiger partial charge in [0.15, 0.2) is 0 Å². The summed E-state index contributed by atoms with van der Waals surface area (Å²) in [5.41, 5.74) is 3.64. The van der Waals surface area contributed by atoms with Crippen LogP contribution in [0.2, 0.25) is 0 Å². The number of nitrogens with zero attached hydrogens (tertiary/aromatic N) is 2. The lowest BCUT2D eigenvalue weighted by molar-refractivity contribution is 0.316. The highest BCUT2D eigenvalue weighted by Crippen LogP contribution is 2.24. The Morgan fingerprint density at radius 2 is 1.87 bits per heavy atom. The molecule has 0 saturated heterocycles. The van der Waals surface area contributed by atoms with Crippen LogP contribution < -0.4 is 10.1 Å². The minimum atomic E-state index is -0.603. The number of halogens is 3. The summed E-state index contributed by atoms with van der Waals surface area (Å²) >= 11 is 0. The van der Waals surface area contributed by atoms with Crippen molar-refractivity contribution in [1.29, 1.82) is 0 Å². The molecular weight excluding hydrogens is 420 g/mol. The molecule has 2 aromatic carbocycles. The maximum atomic E-state index is 14.0. The fourth-order valence-electron chi connectivity index (χ4n) is 3.25. The van der Waals surface area contributed by atoms with Crippen LogP contribution in [0.15, 0.2) is 67.0 Å². The van der Waals surface area contributed by atoms with Gasteiger partial charge in [0.1, 0.15) is 29.5 Å². The molecule has 0 unspecified atom stereocenters. The van der Waals surface area contributed by atoms with E-state index in [-0.39, 0.29) is 12.4 Å². The van der Waals surface area contributed by atoms with E-state index in [4.69, 9.17) is 4.74 Å². The van der Waals surface area contributed by atoms with Gasteiger partial charge in [0.2, 0.25) is 0 Å². The standard InChI is InChI=1S/C24H21F2N3O.ClH/c1-16-5-6-18-3-2-4-23(24(18)29-16)30-10-9-27-13-17-11-19(15-28-14-17)21-8-7-20(25)12-22(21)26;/h2-8,11-12,14-15,27H,9-10,13H2,1H3;1H. The van der Waals surface area contributed by atoms with Crippen molar-refractivity contribution in [2.24, 2.45) is 0 Å². The fourth-order valence-corrected chi connectivity index (χ4v) is 3.25. The molecule has 1 N–H and O–H groups in total. The fraction of sp³-hybridized carbons (Fsp3) is 0.167. The Balaban J connectivity index is 0.00000272. The molecule has 4 rings (SSSR count). The number of benzene rings is 2. The van der Waals surface area contributed by atoms with Gasteiger partial charge in [0.25, 0.3) is 0 Å². The van der Waals surface area contributed by atoms with Gasteiger partial charge in [-0.2, -0.15) is 0 Å². The highest BCUT2D eigenvalue weighted by atomic mass is 35.5. The summed E-state index contributed by atoms with van der Waals surface area (Å²) in [4.78, 5) is 8.74. The lowest BCUT2D eigenvalue weighted by atomic mass is 10.1. The van der Waals surface area contributed by atoms with Gasteiger partial charge in [-0.25, -0.2) is 13.8 Å². The number of pyridine rings is 2. The number of para-hydroxylation sites is 1. The Morgan fingerprint density at radius 1 is 1.00 bits per heavy atom. The summed E-state index contributed by atoms with van der Waals surface area (Å²) in [5, 5.41) is 4.34. The predicted molar refractivity (Wildman–Crippen MR) is 121 cm³/mol. The first-order chi connectivity index (χ1) is 14.6.